The highest BCUT2D eigenvalue weighted by atomic mass is 19.4. The normalized spacial score (nSPS) is 11.9. The van der Waals surface area contributed by atoms with E-state index in [1.807, 2.05) is 25.1 Å². The van der Waals surface area contributed by atoms with Gasteiger partial charge in [0.05, 0.1) is 12.2 Å². The second kappa shape index (κ2) is 14.3. The second-order valence-electron chi connectivity index (χ2n) is 10.3. The van der Waals surface area contributed by atoms with Gasteiger partial charge < -0.3 is 25.7 Å². The van der Waals surface area contributed by atoms with E-state index >= 15 is 0 Å². The van der Waals surface area contributed by atoms with Crippen LogP contribution >= 0.6 is 0 Å². The van der Waals surface area contributed by atoms with E-state index in [0.717, 1.165) is 53.1 Å². The van der Waals surface area contributed by atoms with E-state index in [-0.39, 0.29) is 25.4 Å². The third-order valence-electron chi connectivity index (χ3n) is 6.71. The average molecular weight is 645 g/mol. The zero-order chi connectivity index (χ0) is 33.5. The Kier molecular flexibility index (Phi) is 10.5. The number of nitrogen functional groups attached to an aromatic ring is 2. The number of aryl methyl sites for hydroxylation is 1. The Bertz CT molecular complexity index is 1710. The molecule has 0 saturated carbocycles. The first-order valence-corrected chi connectivity index (χ1v) is 14.0. The third kappa shape index (κ3) is 9.43. The van der Waals surface area contributed by atoms with Crippen molar-refractivity contribution in [2.24, 2.45) is 0 Å². The molecule has 4 aromatic carbocycles. The summed E-state index contributed by atoms with van der Waals surface area (Å²) < 4.78 is 95.7. The van der Waals surface area contributed by atoms with Crippen molar-refractivity contribution >= 4 is 23.4 Å². The molecule has 0 fully saturated rings. The monoisotopic (exact) mass is 644 g/mol. The van der Waals surface area contributed by atoms with Gasteiger partial charge in [-0.15, -0.1) is 0 Å². The van der Waals surface area contributed by atoms with Crippen LogP contribution in [0.2, 0.25) is 0 Å². The molecule has 4 rings (SSSR count). The first kappa shape index (κ1) is 33.8. The number of ether oxygens (including phenoxy) is 3. The van der Waals surface area contributed by atoms with E-state index in [0.29, 0.717) is 22.5 Å². The van der Waals surface area contributed by atoms with Crippen LogP contribution in [0.25, 0.3) is 17.2 Å². The molecule has 6 nitrogen and oxygen atoms in total. The van der Waals surface area contributed by atoms with E-state index in [9.17, 15) is 31.1 Å². The molecular formula is C34H30F6N2O4. The van der Waals surface area contributed by atoms with Gasteiger partial charge in [-0.3, -0.25) is 0 Å². The number of esters is 1. The fraction of sp³-hybridized carbons (Fsp3) is 0.206. The van der Waals surface area contributed by atoms with E-state index in [1.54, 1.807) is 18.2 Å². The van der Waals surface area contributed by atoms with Crippen LogP contribution in [0.15, 0.2) is 84.9 Å². The quantitative estimate of drug-likeness (QED) is 0.0528. The SMILES string of the molecule is Cc1cc(N)ccc1-c1ccc(N)cc1COC(=O)/C=C/c1ccc(C(F)(F)Oc2ccc(OCCCC(F)(F)F)cc2F)cc1. The molecule has 0 atom stereocenters. The van der Waals surface area contributed by atoms with Crippen LogP contribution in [0.5, 0.6) is 11.5 Å². The van der Waals surface area contributed by atoms with Gasteiger partial charge in [0, 0.05) is 29.9 Å². The van der Waals surface area contributed by atoms with E-state index in [4.69, 9.17) is 20.9 Å². The van der Waals surface area contributed by atoms with Gasteiger partial charge in [0.1, 0.15) is 12.4 Å². The maximum absolute atomic E-state index is 14.8. The molecule has 0 aliphatic carbocycles. The van der Waals surface area contributed by atoms with E-state index in [2.05, 4.69) is 4.74 Å². The number of benzene rings is 4. The van der Waals surface area contributed by atoms with Crippen molar-refractivity contribution < 1.29 is 45.3 Å². The lowest BCUT2D eigenvalue weighted by molar-refractivity contribution is -0.187. The molecule has 0 unspecified atom stereocenters. The molecule has 12 heteroatoms. The number of anilines is 2. The fourth-order valence-corrected chi connectivity index (χ4v) is 4.45. The Balaban J connectivity index is 1.34. The third-order valence-corrected chi connectivity index (χ3v) is 6.71. The van der Waals surface area contributed by atoms with E-state index < -0.39 is 41.8 Å². The molecule has 0 bridgehead atoms. The lowest BCUT2D eigenvalue weighted by atomic mass is 9.95. The molecule has 0 heterocycles. The van der Waals surface area contributed by atoms with Gasteiger partial charge in [-0.25, -0.2) is 9.18 Å². The molecule has 46 heavy (non-hydrogen) atoms. The summed E-state index contributed by atoms with van der Waals surface area (Å²) in [5.41, 5.74) is 16.1. The lowest BCUT2D eigenvalue weighted by Crippen LogP contribution is -2.22. The van der Waals surface area contributed by atoms with Gasteiger partial charge in [0.15, 0.2) is 11.6 Å². The molecule has 242 valence electrons. The molecule has 4 N–H and O–H groups in total. The maximum atomic E-state index is 14.8. The molecule has 0 aromatic heterocycles. The van der Waals surface area contributed by atoms with Crippen LogP contribution in [-0.4, -0.2) is 18.8 Å². The summed E-state index contributed by atoms with van der Waals surface area (Å²) >= 11 is 0. The largest absolute Gasteiger partial charge is 0.493 e. The van der Waals surface area contributed by atoms with Crippen LogP contribution in [0.4, 0.5) is 37.7 Å². The number of carbonyl (C=O) groups excluding carboxylic acids is 1. The smallest absolute Gasteiger partial charge is 0.426 e. The molecule has 4 aromatic rings. The molecule has 0 amide bonds. The topological polar surface area (TPSA) is 96.8 Å². The van der Waals surface area contributed by atoms with Crippen molar-refractivity contribution in [2.45, 2.75) is 38.7 Å². The predicted molar refractivity (Wildman–Crippen MR) is 162 cm³/mol. The van der Waals surface area contributed by atoms with Crippen LogP contribution in [0.1, 0.15) is 35.1 Å². The second-order valence-corrected chi connectivity index (χ2v) is 10.3. The average Bonchev–Trinajstić information content (AvgIpc) is 2.98. The zero-order valence-corrected chi connectivity index (χ0v) is 24.5. The minimum absolute atomic E-state index is 0.0718. The molecule has 0 saturated heterocycles. The highest BCUT2D eigenvalue weighted by Crippen LogP contribution is 2.35. The Labute approximate surface area is 261 Å². The predicted octanol–water partition coefficient (Wildman–Crippen LogP) is 8.57. The summed E-state index contributed by atoms with van der Waals surface area (Å²) in [7, 11) is 0. The maximum Gasteiger partial charge on any atom is 0.426 e. The van der Waals surface area contributed by atoms with Crippen LogP contribution in [-0.2, 0) is 22.2 Å². The van der Waals surface area contributed by atoms with Gasteiger partial charge in [0.2, 0.25) is 0 Å². The summed E-state index contributed by atoms with van der Waals surface area (Å²) in [4.78, 5) is 12.4. The van der Waals surface area contributed by atoms with E-state index in [1.165, 1.54) is 18.2 Å². The van der Waals surface area contributed by atoms with Gasteiger partial charge in [-0.1, -0.05) is 24.3 Å². The summed E-state index contributed by atoms with van der Waals surface area (Å²) in [6, 6.07) is 18.2. The van der Waals surface area contributed by atoms with Crippen molar-refractivity contribution in [1.82, 2.24) is 0 Å². The highest BCUT2D eigenvalue weighted by molar-refractivity contribution is 5.87. The number of nitrogens with two attached hydrogens (primary N) is 2. The standard InChI is InChI=1S/C34H30F6N2O4/c1-21-17-25(41)8-11-28(21)29-12-9-26(42)18-23(29)20-45-32(43)14-5-22-3-6-24(7-4-22)34(39,40)46-31-13-10-27(19-30(31)35)44-16-2-15-33(36,37)38/h3-14,17-19H,2,15-16,20,41-42H2,1H3/b14-5+. The number of halogens is 6. The molecule has 0 aliphatic rings. The molecule has 0 aliphatic heterocycles. The molecular weight excluding hydrogens is 614 g/mol. The van der Waals surface area contributed by atoms with Crippen molar-refractivity contribution in [2.75, 3.05) is 18.1 Å². The minimum atomic E-state index is -4.35. The van der Waals surface area contributed by atoms with Crippen molar-refractivity contribution in [3.05, 3.63) is 113 Å². The summed E-state index contributed by atoms with van der Waals surface area (Å²) in [6.07, 6.45) is -7.18. The zero-order valence-electron chi connectivity index (χ0n) is 24.5. The number of hydrogen-bond donors (Lipinski definition) is 2. The van der Waals surface area contributed by atoms with Crippen LogP contribution in [0.3, 0.4) is 0 Å². The van der Waals surface area contributed by atoms with Gasteiger partial charge >= 0.3 is 18.3 Å². The first-order chi connectivity index (χ1) is 21.7. The Morgan fingerprint density at radius 2 is 1.52 bits per heavy atom. The highest BCUT2D eigenvalue weighted by Gasteiger charge is 2.35. The Morgan fingerprint density at radius 3 is 2.17 bits per heavy atom. The molecule has 0 spiro atoms. The van der Waals surface area contributed by atoms with Crippen molar-refractivity contribution in [3.8, 4) is 22.6 Å². The Hall–Kier alpha value is -5.13. The minimum Gasteiger partial charge on any atom is -0.493 e. The van der Waals surface area contributed by atoms with Crippen molar-refractivity contribution in [3.63, 3.8) is 0 Å². The number of carbonyl (C=O) groups is 1. The van der Waals surface area contributed by atoms with Crippen LogP contribution < -0.4 is 20.9 Å². The fourth-order valence-electron chi connectivity index (χ4n) is 4.45. The number of rotatable bonds is 12. The number of hydrogen-bond acceptors (Lipinski definition) is 6. The first-order valence-electron chi connectivity index (χ1n) is 14.0. The van der Waals surface area contributed by atoms with Gasteiger partial charge in [-0.2, -0.15) is 22.0 Å². The summed E-state index contributed by atoms with van der Waals surface area (Å²) in [5.74, 6) is -2.77. The Morgan fingerprint density at radius 1 is 0.848 bits per heavy atom. The molecule has 0 radical (unpaired) electrons. The number of alkyl halides is 5. The van der Waals surface area contributed by atoms with Gasteiger partial charge in [0.25, 0.3) is 0 Å². The summed E-state index contributed by atoms with van der Waals surface area (Å²) in [5, 5.41) is 0. The summed E-state index contributed by atoms with van der Waals surface area (Å²) in [6.45, 7) is 1.51. The van der Waals surface area contributed by atoms with Gasteiger partial charge in [-0.05, 0) is 95.8 Å². The van der Waals surface area contributed by atoms with Crippen LogP contribution in [0, 0.1) is 12.7 Å². The van der Waals surface area contributed by atoms with Crippen molar-refractivity contribution in [1.29, 1.82) is 0 Å². The lowest BCUT2D eigenvalue weighted by Gasteiger charge is -2.19.